The summed E-state index contributed by atoms with van der Waals surface area (Å²) in [6.45, 7) is 0. The quantitative estimate of drug-likeness (QED) is 0.616. The summed E-state index contributed by atoms with van der Waals surface area (Å²) < 4.78 is 3.19. The van der Waals surface area contributed by atoms with Gasteiger partial charge in [0.1, 0.15) is 0 Å². The van der Waals surface area contributed by atoms with Crippen LogP contribution in [-0.2, 0) is 0 Å². The summed E-state index contributed by atoms with van der Waals surface area (Å²) in [4.78, 5) is 0. The van der Waals surface area contributed by atoms with Crippen molar-refractivity contribution >= 4 is 59.8 Å². The van der Waals surface area contributed by atoms with Crippen molar-refractivity contribution in [2.45, 2.75) is 0 Å². The molecule has 2 aromatic heterocycles. The summed E-state index contributed by atoms with van der Waals surface area (Å²) in [5.41, 5.74) is 0. The first kappa shape index (κ1) is 9.36. The van der Waals surface area contributed by atoms with Crippen molar-refractivity contribution in [2.75, 3.05) is 0 Å². The Labute approximate surface area is 93.7 Å². The molecule has 0 radical (unpaired) electrons. The van der Waals surface area contributed by atoms with Crippen molar-refractivity contribution in [1.82, 2.24) is 0 Å². The molecule has 0 N–H and O–H groups in total. The Morgan fingerprint density at radius 1 is 1.00 bits per heavy atom. The summed E-state index contributed by atoms with van der Waals surface area (Å²) in [7, 11) is 0. The third kappa shape index (κ3) is 2.00. The molecule has 4 heteroatoms. The summed E-state index contributed by atoms with van der Waals surface area (Å²) in [5.74, 6) is 0. The van der Waals surface area contributed by atoms with Crippen molar-refractivity contribution in [3.63, 3.8) is 0 Å². The van der Waals surface area contributed by atoms with Crippen LogP contribution < -0.4 is 4.87 Å². The van der Waals surface area contributed by atoms with Crippen molar-refractivity contribution in [3.05, 3.63) is 35.0 Å². The first-order valence-corrected chi connectivity index (χ1v) is 19.6. The third-order valence-electron chi connectivity index (χ3n) is 1.59. The maximum atomic E-state index is 3.90. The standard InChI is InChI=1S/2C4H3S.BrH.Tl/c2*1-2-4-5-3-1;;/h2*1-3H;1H;/q;;;+1/p-1. The minimum absolute atomic E-state index is 1.59. The molecular weight excluding hydrogens is 445 g/mol. The predicted molar refractivity (Wildman–Crippen MR) is 62.6 cm³/mol. The van der Waals surface area contributed by atoms with Crippen molar-refractivity contribution in [2.24, 2.45) is 0 Å². The molecule has 0 saturated heterocycles. The molecule has 12 heavy (non-hydrogen) atoms. The molecule has 0 spiro atoms. The van der Waals surface area contributed by atoms with Gasteiger partial charge in [0, 0.05) is 0 Å². The first-order chi connectivity index (χ1) is 5.88. The molecule has 0 amide bonds. The Balaban J connectivity index is 2.27. The molecule has 0 nitrogen and oxygen atoms in total. The maximum absolute atomic E-state index is 3.90. The molecule has 0 saturated carbocycles. The molecule has 0 aromatic carbocycles. The van der Waals surface area contributed by atoms with E-state index < -0.39 is 20.3 Å². The fourth-order valence-electron chi connectivity index (χ4n) is 1.01. The van der Waals surface area contributed by atoms with Crippen LogP contribution in [0.25, 0.3) is 0 Å². The zero-order chi connectivity index (χ0) is 8.39. The molecule has 0 aliphatic rings. The van der Waals surface area contributed by atoms with Crippen LogP contribution in [0.1, 0.15) is 0 Å². The SMILES string of the molecule is [Br][Tl]([c]1cccs1)[c]1cccs1. The Morgan fingerprint density at radius 2 is 1.50 bits per heavy atom. The number of thiophene rings is 2. The molecule has 0 aliphatic heterocycles. The van der Waals surface area contributed by atoms with Crippen molar-refractivity contribution < 1.29 is 0 Å². The predicted octanol–water partition coefficient (Wildman–Crippen LogP) is 2.31. The Morgan fingerprint density at radius 3 is 1.83 bits per heavy atom. The summed E-state index contributed by atoms with van der Waals surface area (Å²) in [5, 5.41) is 4.33. The van der Waals surface area contributed by atoms with E-state index in [-0.39, 0.29) is 0 Å². The fraction of sp³-hybridized carbons (Fsp3) is 0. The van der Waals surface area contributed by atoms with E-state index in [0.29, 0.717) is 0 Å². The van der Waals surface area contributed by atoms with Gasteiger partial charge in [-0.15, -0.1) is 0 Å². The van der Waals surface area contributed by atoms with Gasteiger partial charge in [-0.25, -0.2) is 0 Å². The van der Waals surface area contributed by atoms with E-state index in [0.717, 1.165) is 0 Å². The number of rotatable bonds is 2. The van der Waals surface area contributed by atoms with Crippen LogP contribution in [0.4, 0.5) is 0 Å². The zero-order valence-corrected chi connectivity index (χ0v) is 13.9. The molecule has 0 aliphatic carbocycles. The molecule has 0 fully saturated rings. The molecule has 2 aromatic rings. The van der Waals surface area contributed by atoms with Crippen molar-refractivity contribution in [3.8, 4) is 0 Å². The average Bonchev–Trinajstić information content (AvgIpc) is 2.77. The van der Waals surface area contributed by atoms with Gasteiger partial charge in [-0.1, -0.05) is 0 Å². The second-order valence-corrected chi connectivity index (χ2v) is 23.3. The van der Waals surface area contributed by atoms with Gasteiger partial charge in [0.15, 0.2) is 0 Å². The van der Waals surface area contributed by atoms with E-state index in [2.05, 4.69) is 47.0 Å². The van der Waals surface area contributed by atoms with Gasteiger partial charge in [0.25, 0.3) is 0 Å². The van der Waals surface area contributed by atoms with Crippen molar-refractivity contribution in [1.29, 1.82) is 0 Å². The summed E-state index contributed by atoms with van der Waals surface area (Å²) in [6, 6.07) is 8.79. The normalized spacial score (nSPS) is 10.1. The zero-order valence-electron chi connectivity index (χ0n) is 6.24. The van der Waals surface area contributed by atoms with Gasteiger partial charge in [-0.05, 0) is 0 Å². The average molecular weight is 451 g/mol. The number of hydrogen-bond donors (Lipinski definition) is 0. The van der Waals surface area contributed by atoms with E-state index in [1.54, 1.807) is 4.87 Å². The second-order valence-electron chi connectivity index (χ2n) is 2.39. The first-order valence-electron chi connectivity index (χ1n) is 3.59. The molecular formula is C8H6BrS2Tl. The van der Waals surface area contributed by atoms with Crippen LogP contribution in [0.5, 0.6) is 0 Å². The molecule has 0 atom stereocenters. The fourth-order valence-corrected chi connectivity index (χ4v) is 21.3. The Hall–Kier alpha value is 0.802. The van der Waals surface area contributed by atoms with Gasteiger partial charge in [-0.2, -0.15) is 0 Å². The van der Waals surface area contributed by atoms with Gasteiger partial charge < -0.3 is 0 Å². The molecule has 2 heterocycles. The van der Waals surface area contributed by atoms with E-state index in [4.69, 9.17) is 0 Å². The van der Waals surface area contributed by atoms with Crippen LogP contribution in [-0.4, -0.2) is 20.3 Å². The Kier molecular flexibility index (Phi) is 3.39. The van der Waals surface area contributed by atoms with Gasteiger partial charge in [-0.3, -0.25) is 0 Å². The minimum atomic E-state index is -1.79. The summed E-state index contributed by atoms with van der Waals surface area (Å²) >= 11 is 5.88. The third-order valence-corrected chi connectivity index (χ3v) is 29.7. The van der Waals surface area contributed by atoms with Gasteiger partial charge in [0.2, 0.25) is 0 Å². The van der Waals surface area contributed by atoms with E-state index in [9.17, 15) is 0 Å². The number of halogens is 1. The van der Waals surface area contributed by atoms with E-state index in [1.807, 2.05) is 22.7 Å². The molecule has 0 bridgehead atoms. The second kappa shape index (κ2) is 4.35. The molecule has 2 rings (SSSR count). The van der Waals surface area contributed by atoms with Gasteiger partial charge >= 0.3 is 94.9 Å². The van der Waals surface area contributed by atoms with E-state index >= 15 is 0 Å². The monoisotopic (exact) mass is 450 g/mol. The summed E-state index contributed by atoms with van der Waals surface area (Å²) in [6.07, 6.45) is 0. The molecule has 0 unspecified atom stereocenters. The number of hydrogen-bond acceptors (Lipinski definition) is 2. The topological polar surface area (TPSA) is 0 Å². The van der Waals surface area contributed by atoms with Crippen LogP contribution in [0, 0.1) is 0 Å². The van der Waals surface area contributed by atoms with Crippen LogP contribution in [0.2, 0.25) is 0 Å². The van der Waals surface area contributed by atoms with Crippen LogP contribution >= 0.6 is 34.7 Å². The van der Waals surface area contributed by atoms with Gasteiger partial charge in [0.05, 0.1) is 0 Å². The van der Waals surface area contributed by atoms with E-state index in [1.165, 1.54) is 0 Å². The Bertz CT molecular complexity index is 294. The van der Waals surface area contributed by atoms with Crippen LogP contribution in [0.3, 0.4) is 0 Å². The molecule has 60 valence electrons. The van der Waals surface area contributed by atoms with Crippen LogP contribution in [0.15, 0.2) is 35.0 Å².